The van der Waals surface area contributed by atoms with Gasteiger partial charge in [0.15, 0.2) is 0 Å². The van der Waals surface area contributed by atoms with Crippen LogP contribution in [0.5, 0.6) is 0 Å². The van der Waals surface area contributed by atoms with Crippen LogP contribution in [0.3, 0.4) is 0 Å². The number of carbonyl (C=O) groups is 1. The summed E-state index contributed by atoms with van der Waals surface area (Å²) in [5, 5.41) is 2.58. The van der Waals surface area contributed by atoms with E-state index in [4.69, 9.17) is 0 Å². The van der Waals surface area contributed by atoms with Crippen molar-refractivity contribution in [2.75, 3.05) is 6.54 Å². The van der Waals surface area contributed by atoms with E-state index >= 15 is 13.2 Å². The van der Waals surface area contributed by atoms with Crippen LogP contribution in [-0.2, 0) is 33.7 Å². The molecule has 0 aliphatic carbocycles. The number of rotatable bonds is 30. The van der Waals surface area contributed by atoms with E-state index in [1.54, 1.807) is 22.7 Å². The second-order valence-corrected chi connectivity index (χ2v) is 29.4. The lowest BCUT2D eigenvalue weighted by atomic mass is 9.80. The number of benzene rings is 1. The van der Waals surface area contributed by atoms with Crippen molar-refractivity contribution in [1.82, 2.24) is 4.31 Å². The Morgan fingerprint density at radius 2 is 1.06 bits per heavy atom. The molecule has 1 aromatic carbocycles. The van der Waals surface area contributed by atoms with Gasteiger partial charge in [0.2, 0.25) is 0 Å². The van der Waals surface area contributed by atoms with Gasteiger partial charge < -0.3 is 0 Å². The van der Waals surface area contributed by atoms with Crippen molar-refractivity contribution in [2.45, 2.75) is 234 Å². The second-order valence-electron chi connectivity index (χ2n) is 22.1. The van der Waals surface area contributed by atoms with Gasteiger partial charge in [0, 0.05) is 82.8 Å². The molecule has 4 nitrogen and oxygen atoms in total. The summed E-state index contributed by atoms with van der Waals surface area (Å²) in [4.78, 5) is 25.3. The molecule has 1 aliphatic rings. The van der Waals surface area contributed by atoms with Crippen LogP contribution in [0.2, 0.25) is 0 Å². The summed E-state index contributed by atoms with van der Waals surface area (Å²) in [6.07, 6.45) is 23.1. The minimum atomic E-state index is -4.07. The van der Waals surface area contributed by atoms with Gasteiger partial charge in [-0.2, -0.15) is 0 Å². The highest BCUT2D eigenvalue weighted by Crippen LogP contribution is 2.58. The molecule has 72 heavy (non-hydrogen) atoms. The summed E-state index contributed by atoms with van der Waals surface area (Å²) in [5.41, 5.74) is 2.75. The zero-order valence-corrected chi connectivity index (χ0v) is 51.3. The molecule has 6 aromatic rings. The first-order valence-corrected chi connectivity index (χ1v) is 34.1. The van der Waals surface area contributed by atoms with E-state index in [9.17, 15) is 0 Å². The zero-order valence-electron chi connectivity index (χ0n) is 46.4. The third-order valence-corrected chi connectivity index (χ3v) is 25.5. The molecule has 5 unspecified atom stereocenters. The van der Waals surface area contributed by atoms with Crippen molar-refractivity contribution < 1.29 is 13.2 Å². The average Bonchev–Trinajstić information content (AvgIpc) is 4.26. The highest BCUT2D eigenvalue weighted by atomic mass is 32.2. The number of hydrogen-bond donors (Lipinski definition) is 0. The van der Waals surface area contributed by atoms with Crippen molar-refractivity contribution in [3.63, 3.8) is 0 Å². The minimum Gasteiger partial charge on any atom is -0.268 e. The predicted octanol–water partition coefficient (Wildman–Crippen LogP) is 21.5. The lowest BCUT2D eigenvalue weighted by Gasteiger charge is -2.29. The summed E-state index contributed by atoms with van der Waals surface area (Å²) < 4.78 is 34.4. The highest BCUT2D eigenvalue weighted by molar-refractivity contribution is 7.90. The van der Waals surface area contributed by atoms with Gasteiger partial charge >= 0.3 is 0 Å². The molecule has 10 heteroatoms. The van der Waals surface area contributed by atoms with Crippen LogP contribution in [0.1, 0.15) is 235 Å². The Kier molecular flexibility index (Phi) is 20.1. The number of fused-ring (bicyclic) bond motifs is 3. The van der Waals surface area contributed by atoms with Gasteiger partial charge in [0.25, 0.3) is 15.9 Å². The van der Waals surface area contributed by atoms with E-state index in [2.05, 4.69) is 119 Å². The molecule has 0 N–H and O–H groups in total. The number of nitrogens with zero attached hydrogens (tertiary/aromatic N) is 1. The van der Waals surface area contributed by atoms with Crippen molar-refractivity contribution >= 4 is 92.8 Å². The molecule has 1 amide bonds. The Labute approximate surface area is 456 Å². The molecule has 396 valence electrons. The van der Waals surface area contributed by atoms with Gasteiger partial charge in [0.05, 0.1) is 10.4 Å². The molecule has 6 heterocycles. The maximum Gasteiger partial charge on any atom is 0.270 e. The van der Waals surface area contributed by atoms with Crippen molar-refractivity contribution in [1.29, 1.82) is 0 Å². The summed E-state index contributed by atoms with van der Waals surface area (Å²) in [6, 6.07) is 14.6. The average molecular weight is 1090 g/mol. The fourth-order valence-corrected chi connectivity index (χ4v) is 20.7. The number of sulfonamides is 1. The van der Waals surface area contributed by atoms with Gasteiger partial charge in [-0.25, -0.2) is 12.7 Å². The SMILES string of the molecule is CCCCC(CC)Cc1ccc(-c2c3cc(C(C)(CC)CCC)sc3c(-c3ccc(CC(CC)CCCC)s3)c3cc(-c4sc(C(C)(CC)CCCC)c5c4C(=O)N(CC(CC)CCCC)S5(=O)=O)sc23)s1. The fraction of sp³-hybridized carbons (Fsp3) is 0.629. The van der Waals surface area contributed by atoms with Gasteiger partial charge in [-0.15, -0.1) is 56.7 Å². The normalized spacial score (nSPS) is 16.7. The monoisotopic (exact) mass is 1090 g/mol. The molecule has 1 aliphatic heterocycles. The minimum absolute atomic E-state index is 0.0662. The molecular formula is C62H89NO3S6. The smallest absolute Gasteiger partial charge is 0.268 e. The maximum atomic E-state index is 15.3. The third-order valence-electron chi connectivity index (χ3n) is 17.0. The largest absolute Gasteiger partial charge is 0.270 e. The lowest BCUT2D eigenvalue weighted by molar-refractivity contribution is 0.0854. The second kappa shape index (κ2) is 25.2. The number of thiophene rings is 5. The van der Waals surface area contributed by atoms with Gasteiger partial charge in [-0.1, -0.05) is 173 Å². The summed E-state index contributed by atoms with van der Waals surface area (Å²) in [7, 11) is -4.07. The first-order chi connectivity index (χ1) is 34.6. The number of carbonyl (C=O) groups excluding carboxylic acids is 1. The number of amides is 1. The van der Waals surface area contributed by atoms with Crippen LogP contribution < -0.4 is 0 Å². The summed E-state index contributed by atoms with van der Waals surface area (Å²) in [6.45, 7) is 27.7. The van der Waals surface area contributed by atoms with Gasteiger partial charge in [0.1, 0.15) is 4.90 Å². The Balaban J connectivity index is 1.55. The molecule has 0 saturated heterocycles. The number of unbranched alkanes of at least 4 members (excludes halogenated alkanes) is 4. The summed E-state index contributed by atoms with van der Waals surface area (Å²) >= 11 is 9.40. The molecule has 7 rings (SSSR count). The first-order valence-electron chi connectivity index (χ1n) is 28.6. The molecule has 5 aromatic heterocycles. The molecule has 0 bridgehead atoms. The third kappa shape index (κ3) is 11.6. The van der Waals surface area contributed by atoms with Gasteiger partial charge in [-0.05, 0) is 99.1 Å². The Morgan fingerprint density at radius 1 is 0.542 bits per heavy atom. The maximum absolute atomic E-state index is 15.3. The van der Waals surface area contributed by atoms with E-state index in [-0.39, 0.29) is 29.2 Å². The van der Waals surface area contributed by atoms with E-state index in [1.165, 1.54) is 111 Å². The van der Waals surface area contributed by atoms with E-state index in [0.717, 1.165) is 98.1 Å². The van der Waals surface area contributed by atoms with E-state index in [1.807, 2.05) is 34.0 Å². The Bertz CT molecular complexity index is 2740. The van der Waals surface area contributed by atoms with Crippen LogP contribution in [0.4, 0.5) is 0 Å². The van der Waals surface area contributed by atoms with E-state index in [0.29, 0.717) is 22.3 Å². The highest BCUT2D eigenvalue weighted by Gasteiger charge is 2.50. The lowest BCUT2D eigenvalue weighted by Crippen LogP contribution is -2.35. The van der Waals surface area contributed by atoms with E-state index < -0.39 is 10.0 Å². The van der Waals surface area contributed by atoms with Crippen LogP contribution >= 0.6 is 56.7 Å². The quantitative estimate of drug-likeness (QED) is 0.0452. The first kappa shape index (κ1) is 57.4. The van der Waals surface area contributed by atoms with Crippen molar-refractivity contribution in [2.24, 2.45) is 17.8 Å². The standard InChI is InChI=1S/C62H89NO3S6/c1-13-23-27-41(18-6)36-44-30-32-48(67-44)52-46-38-50(57-54-58(59(71-57)62(12,22-10)35-26-16-4)72(65,66)63(60(54)64)40-43(20-8)29-25-15-3)69-55(46)53(47-39-51(70-56(47)52)61(11,21-9)34-17-5)49-33-31-45(68-49)37-42(19-7)28-24-14-2/h30-33,38-39,41-43H,13-29,34-37,40H2,1-12H3. The molecule has 0 fully saturated rings. The molecule has 0 radical (unpaired) electrons. The molecule has 5 atom stereocenters. The Hall–Kier alpha value is -2.34. The van der Waals surface area contributed by atoms with Crippen LogP contribution in [0, 0.1) is 17.8 Å². The van der Waals surface area contributed by atoms with Crippen LogP contribution in [-0.4, -0.2) is 25.2 Å². The topological polar surface area (TPSA) is 54.5 Å². The fourth-order valence-electron chi connectivity index (χ4n) is 11.5. The van der Waals surface area contributed by atoms with Crippen LogP contribution in [0.15, 0.2) is 41.3 Å². The van der Waals surface area contributed by atoms with Crippen LogP contribution in [0.25, 0.3) is 50.8 Å². The van der Waals surface area contributed by atoms with Crippen molar-refractivity contribution in [3.05, 3.63) is 61.5 Å². The zero-order chi connectivity index (χ0) is 52.0. The Morgan fingerprint density at radius 3 is 1.56 bits per heavy atom. The molecular weight excluding hydrogens is 999 g/mol. The predicted molar refractivity (Wildman–Crippen MR) is 322 cm³/mol. The molecule has 0 spiro atoms. The number of hydrogen-bond acceptors (Lipinski definition) is 8. The van der Waals surface area contributed by atoms with Crippen molar-refractivity contribution in [3.8, 4) is 30.6 Å². The summed E-state index contributed by atoms with van der Waals surface area (Å²) in [5.74, 6) is 1.16. The molecule has 0 saturated carbocycles. The van der Waals surface area contributed by atoms with Gasteiger partial charge in [-0.3, -0.25) is 4.79 Å².